The number of benzene rings is 4. The minimum Gasteiger partial charge on any atom is -0.389 e. The minimum absolute atomic E-state index is 0.00611. The van der Waals surface area contributed by atoms with E-state index in [0.717, 1.165) is 17.4 Å². The molecule has 0 spiro atoms. The molecule has 0 bridgehead atoms. The number of rotatable bonds is 9. The molecule has 0 aliphatic heterocycles. The predicted octanol–water partition coefficient (Wildman–Crippen LogP) is 4.98. The van der Waals surface area contributed by atoms with Crippen LogP contribution in [0.3, 0.4) is 0 Å². The summed E-state index contributed by atoms with van der Waals surface area (Å²) in [4.78, 5) is -3.30. The quantitative estimate of drug-likeness (QED) is 0.0983. The second-order valence-corrected chi connectivity index (χ2v) is 16.6. The first kappa shape index (κ1) is 34.5. The number of hydrogen-bond donors (Lipinski definition) is 5. The van der Waals surface area contributed by atoms with Gasteiger partial charge in [-0.25, -0.2) is 8.42 Å². The molecule has 0 unspecified atom stereocenters. The normalized spacial score (nSPS) is 12.7. The first-order valence-corrected chi connectivity index (χ1v) is 19.4. The fourth-order valence-electron chi connectivity index (χ4n) is 4.53. The summed E-state index contributed by atoms with van der Waals surface area (Å²) in [6.45, 7) is 0. The molecule has 6 N–H and O–H groups in total. The molecule has 5 aromatic rings. The van der Waals surface area contributed by atoms with Crippen molar-refractivity contribution in [3.05, 3.63) is 84.4 Å². The first-order chi connectivity index (χ1) is 22.3. The van der Waals surface area contributed by atoms with Gasteiger partial charge in [-0.15, -0.1) is 10.2 Å². The Hall–Kier alpha value is -4.79. The number of nitriles is 1. The standard InChI is InChI=1S/C27H19N5O11S5/c28-14-22-25(15-5-4-6-16(9-15)32-45(33,34)18-7-2-1-3-8-18)27(44-26(22)29)31-30-17-10-20-21(23(11-17)47(38,39)40)12-19(46(35,36)37)13-24(20)48(41,42)43/h1-13,32H,29H2,(H,35,36,37)(H,38,39,40)(H,41,42,43)/b31-30+. The van der Waals surface area contributed by atoms with Gasteiger partial charge in [-0.05, 0) is 54.1 Å². The van der Waals surface area contributed by atoms with Crippen LogP contribution < -0.4 is 10.5 Å². The van der Waals surface area contributed by atoms with Crippen LogP contribution in [-0.4, -0.2) is 47.3 Å². The molecule has 5 rings (SSSR count). The second kappa shape index (κ2) is 12.3. The molecular weight excluding hydrogens is 731 g/mol. The van der Waals surface area contributed by atoms with E-state index in [2.05, 4.69) is 15.0 Å². The Morgan fingerprint density at radius 2 is 1.33 bits per heavy atom. The third-order valence-corrected chi connectivity index (χ3v) is 11.5. The number of nitrogens with two attached hydrogens (primary N) is 1. The van der Waals surface area contributed by atoms with Crippen LogP contribution in [0.25, 0.3) is 21.9 Å². The molecule has 0 aliphatic rings. The zero-order chi connectivity index (χ0) is 35.2. The van der Waals surface area contributed by atoms with Crippen molar-refractivity contribution in [3.63, 3.8) is 0 Å². The topological polar surface area (TPSA) is 284 Å². The lowest BCUT2D eigenvalue weighted by molar-refractivity contribution is 0.478. The summed E-state index contributed by atoms with van der Waals surface area (Å²) >= 11 is 0.779. The molecule has 4 aromatic carbocycles. The Bertz CT molecular complexity index is 2650. The third kappa shape index (κ3) is 7.05. The van der Waals surface area contributed by atoms with E-state index in [1.54, 1.807) is 18.2 Å². The summed E-state index contributed by atoms with van der Waals surface area (Å²) in [7, 11) is -19.6. The Morgan fingerprint density at radius 1 is 0.708 bits per heavy atom. The summed E-state index contributed by atoms with van der Waals surface area (Å²) in [5.74, 6) is 0. The van der Waals surface area contributed by atoms with Crippen molar-refractivity contribution in [2.24, 2.45) is 10.2 Å². The van der Waals surface area contributed by atoms with Gasteiger partial charge in [-0.3, -0.25) is 18.4 Å². The highest BCUT2D eigenvalue weighted by atomic mass is 32.2. The largest absolute Gasteiger partial charge is 0.389 e. The van der Waals surface area contributed by atoms with Crippen molar-refractivity contribution in [2.45, 2.75) is 19.6 Å². The zero-order valence-electron chi connectivity index (χ0n) is 23.6. The molecule has 1 aromatic heterocycles. The van der Waals surface area contributed by atoms with Gasteiger partial charge in [-0.2, -0.15) is 30.5 Å². The number of thiophene rings is 1. The number of nitrogens with one attached hydrogen (secondary N) is 1. The highest BCUT2D eigenvalue weighted by Crippen LogP contribution is 2.46. The van der Waals surface area contributed by atoms with Crippen LogP contribution >= 0.6 is 11.3 Å². The van der Waals surface area contributed by atoms with Gasteiger partial charge in [0, 0.05) is 22.0 Å². The Kier molecular flexibility index (Phi) is 8.88. The molecule has 48 heavy (non-hydrogen) atoms. The number of anilines is 2. The highest BCUT2D eigenvalue weighted by Gasteiger charge is 2.26. The second-order valence-electron chi connectivity index (χ2n) is 9.72. The molecule has 0 saturated heterocycles. The fraction of sp³-hybridized carbons (Fsp3) is 0. The molecule has 21 heteroatoms. The first-order valence-electron chi connectivity index (χ1n) is 12.8. The van der Waals surface area contributed by atoms with Crippen LogP contribution in [-0.2, 0) is 40.4 Å². The van der Waals surface area contributed by atoms with Gasteiger partial charge in [-0.1, -0.05) is 41.7 Å². The van der Waals surface area contributed by atoms with Crippen molar-refractivity contribution in [1.29, 1.82) is 5.26 Å². The number of azo groups is 1. The van der Waals surface area contributed by atoms with E-state index in [4.69, 9.17) is 5.73 Å². The zero-order valence-corrected chi connectivity index (χ0v) is 27.7. The SMILES string of the molecule is N#Cc1c(N)sc(/N=N/c2cc(S(=O)(=O)O)c3cc(S(=O)(=O)O)cc(S(=O)(=O)O)c3c2)c1-c1cccc(NS(=O)(=O)c2ccccc2)c1. The van der Waals surface area contributed by atoms with Gasteiger partial charge in [0.1, 0.15) is 25.9 Å². The van der Waals surface area contributed by atoms with E-state index in [0.29, 0.717) is 18.2 Å². The Labute approximate surface area is 277 Å². The number of fused-ring (bicyclic) bond motifs is 1. The highest BCUT2D eigenvalue weighted by molar-refractivity contribution is 7.92. The average Bonchev–Trinajstić information content (AvgIpc) is 3.32. The average molecular weight is 750 g/mol. The van der Waals surface area contributed by atoms with E-state index in [1.165, 1.54) is 36.4 Å². The van der Waals surface area contributed by atoms with Gasteiger partial charge >= 0.3 is 0 Å². The van der Waals surface area contributed by atoms with Crippen molar-refractivity contribution in [1.82, 2.24) is 0 Å². The van der Waals surface area contributed by atoms with Crippen LogP contribution in [0, 0.1) is 11.3 Å². The van der Waals surface area contributed by atoms with Crippen LogP contribution in [0.1, 0.15) is 5.56 Å². The third-order valence-electron chi connectivity index (χ3n) is 6.55. The van der Waals surface area contributed by atoms with Crippen LogP contribution in [0.4, 0.5) is 21.4 Å². The van der Waals surface area contributed by atoms with Crippen LogP contribution in [0.2, 0.25) is 0 Å². The van der Waals surface area contributed by atoms with Gasteiger partial charge in [0.25, 0.3) is 40.4 Å². The molecule has 0 radical (unpaired) electrons. The van der Waals surface area contributed by atoms with Crippen LogP contribution in [0.5, 0.6) is 0 Å². The Balaban J connectivity index is 1.66. The van der Waals surface area contributed by atoms with E-state index < -0.39 is 71.5 Å². The fourth-order valence-corrected chi connectivity index (χ4v) is 8.51. The summed E-state index contributed by atoms with van der Waals surface area (Å²) < 4.78 is 130. The van der Waals surface area contributed by atoms with Gasteiger partial charge < -0.3 is 5.73 Å². The lowest BCUT2D eigenvalue weighted by Crippen LogP contribution is -2.12. The summed E-state index contributed by atoms with van der Waals surface area (Å²) in [6, 6.07) is 17.9. The van der Waals surface area contributed by atoms with Crippen molar-refractivity contribution in [2.75, 3.05) is 10.5 Å². The maximum atomic E-state index is 12.9. The maximum Gasteiger partial charge on any atom is 0.295 e. The maximum absolute atomic E-state index is 12.9. The number of sulfonamides is 1. The molecule has 0 fully saturated rings. The summed E-state index contributed by atoms with van der Waals surface area (Å²) in [5.41, 5.74) is 6.06. The molecule has 0 amide bonds. The summed E-state index contributed by atoms with van der Waals surface area (Å²) in [6.07, 6.45) is 0. The number of nitrogens with zero attached hydrogens (tertiary/aromatic N) is 3. The number of hydrogen-bond acceptors (Lipinski definition) is 13. The molecular formula is C27H19N5O11S5. The van der Waals surface area contributed by atoms with Gasteiger partial charge in [0.05, 0.1) is 21.0 Å². The lowest BCUT2D eigenvalue weighted by atomic mass is 10.0. The van der Waals surface area contributed by atoms with Gasteiger partial charge in [0.2, 0.25) is 0 Å². The van der Waals surface area contributed by atoms with Crippen molar-refractivity contribution in [3.8, 4) is 17.2 Å². The van der Waals surface area contributed by atoms with Crippen molar-refractivity contribution < 1.29 is 47.3 Å². The van der Waals surface area contributed by atoms with Gasteiger partial charge in [0.15, 0.2) is 0 Å². The van der Waals surface area contributed by atoms with Crippen LogP contribution in [0.15, 0.2) is 109 Å². The van der Waals surface area contributed by atoms with E-state index >= 15 is 0 Å². The van der Waals surface area contributed by atoms with E-state index in [-0.39, 0.29) is 37.3 Å². The lowest BCUT2D eigenvalue weighted by Gasteiger charge is -2.11. The van der Waals surface area contributed by atoms with Crippen molar-refractivity contribution >= 4 is 83.9 Å². The molecule has 0 atom stereocenters. The molecule has 0 saturated carbocycles. The molecule has 1 heterocycles. The molecule has 0 aliphatic carbocycles. The molecule has 248 valence electrons. The van der Waals surface area contributed by atoms with E-state index in [9.17, 15) is 52.6 Å². The molecule has 16 nitrogen and oxygen atoms in total. The monoisotopic (exact) mass is 749 g/mol. The summed E-state index contributed by atoms with van der Waals surface area (Å²) in [5, 5.41) is 16.5. The smallest absolute Gasteiger partial charge is 0.295 e. The van der Waals surface area contributed by atoms with E-state index in [1.807, 2.05) is 6.07 Å². The Morgan fingerprint density at radius 3 is 1.94 bits per heavy atom. The minimum atomic E-state index is -5.27. The number of nitrogen functional groups attached to an aromatic ring is 1. The predicted molar refractivity (Wildman–Crippen MR) is 174 cm³/mol.